The summed E-state index contributed by atoms with van der Waals surface area (Å²) in [5.41, 5.74) is 0. The van der Waals surface area contributed by atoms with Crippen LogP contribution in [0.4, 0.5) is 8.78 Å². The highest BCUT2D eigenvalue weighted by Crippen LogP contribution is 2.41. The molecule has 0 heterocycles. The number of hydrogen-bond acceptors (Lipinski definition) is 2. The molecule has 1 aromatic carbocycles. The first kappa shape index (κ1) is 19.2. The molecule has 0 atom stereocenters. The Morgan fingerprint density at radius 1 is 0.923 bits per heavy atom. The summed E-state index contributed by atoms with van der Waals surface area (Å²) < 4.78 is 38.1. The zero-order valence-corrected chi connectivity index (χ0v) is 15.7. The molecule has 0 spiro atoms. The van der Waals surface area contributed by atoms with Gasteiger partial charge in [-0.15, -0.1) is 6.58 Å². The second kappa shape index (κ2) is 8.88. The molecule has 4 heteroatoms. The fourth-order valence-electron chi connectivity index (χ4n) is 4.67. The molecule has 2 saturated carbocycles. The van der Waals surface area contributed by atoms with E-state index in [1.165, 1.54) is 57.8 Å². The van der Waals surface area contributed by atoms with Crippen molar-refractivity contribution in [1.82, 2.24) is 0 Å². The van der Waals surface area contributed by atoms with Gasteiger partial charge in [-0.2, -0.15) is 8.78 Å². The maximum absolute atomic E-state index is 14.0. The van der Waals surface area contributed by atoms with E-state index in [9.17, 15) is 8.78 Å². The molecule has 3 rings (SSSR count). The highest BCUT2D eigenvalue weighted by atomic mass is 19.2. The van der Waals surface area contributed by atoms with Crippen LogP contribution in [-0.2, 0) is 0 Å². The number of benzene rings is 1. The van der Waals surface area contributed by atoms with Crippen LogP contribution >= 0.6 is 0 Å². The fourth-order valence-corrected chi connectivity index (χ4v) is 4.67. The average molecular weight is 364 g/mol. The summed E-state index contributed by atoms with van der Waals surface area (Å²) in [5.74, 6) is 0.778. The third-order valence-electron chi connectivity index (χ3n) is 6.41. The average Bonchev–Trinajstić information content (AvgIpc) is 2.70. The lowest BCUT2D eigenvalue weighted by Gasteiger charge is -2.37. The Balaban J connectivity index is 1.45. The molecule has 0 N–H and O–H groups in total. The molecule has 2 aliphatic rings. The van der Waals surface area contributed by atoms with Gasteiger partial charge >= 0.3 is 0 Å². The van der Waals surface area contributed by atoms with Gasteiger partial charge in [0.15, 0.2) is 11.5 Å². The maximum atomic E-state index is 14.0. The Kier molecular flexibility index (Phi) is 6.55. The molecule has 0 aliphatic heterocycles. The zero-order chi connectivity index (χ0) is 18.5. The quantitative estimate of drug-likeness (QED) is 0.564. The summed E-state index contributed by atoms with van der Waals surface area (Å²) in [6.07, 6.45) is 12.1. The van der Waals surface area contributed by atoms with Crippen LogP contribution in [0.15, 0.2) is 24.8 Å². The summed E-state index contributed by atoms with van der Waals surface area (Å²) >= 11 is 0. The number of methoxy groups -OCH3 is 1. The molecule has 26 heavy (non-hydrogen) atoms. The van der Waals surface area contributed by atoms with E-state index in [-0.39, 0.29) is 11.5 Å². The van der Waals surface area contributed by atoms with Crippen molar-refractivity contribution in [3.05, 3.63) is 36.4 Å². The Morgan fingerprint density at radius 2 is 1.46 bits per heavy atom. The van der Waals surface area contributed by atoms with Crippen LogP contribution < -0.4 is 9.47 Å². The first-order valence-electron chi connectivity index (χ1n) is 9.89. The van der Waals surface area contributed by atoms with Crippen LogP contribution in [-0.4, -0.2) is 13.7 Å². The van der Waals surface area contributed by atoms with E-state index < -0.39 is 11.6 Å². The molecule has 0 amide bonds. The van der Waals surface area contributed by atoms with Gasteiger partial charge in [-0.05, 0) is 87.2 Å². The molecule has 1 aromatic rings. The molecule has 2 nitrogen and oxygen atoms in total. The number of rotatable bonds is 6. The lowest BCUT2D eigenvalue weighted by molar-refractivity contribution is 0.127. The molecule has 0 aromatic heterocycles. The standard InChI is InChI=1S/C22H30F2O2/c1-3-15-4-8-17(9-5-15)18-10-6-16(7-11-18)14-26-20-13-12-19(25-2)21(23)22(20)24/h3,12-13,15-18H,1,4-11,14H2,2H3. The van der Waals surface area contributed by atoms with Crippen molar-refractivity contribution < 1.29 is 18.3 Å². The van der Waals surface area contributed by atoms with Crippen LogP contribution in [0.3, 0.4) is 0 Å². The minimum atomic E-state index is -0.983. The van der Waals surface area contributed by atoms with E-state index in [0.717, 1.165) is 30.6 Å². The van der Waals surface area contributed by atoms with Gasteiger partial charge in [0.25, 0.3) is 0 Å². The van der Waals surface area contributed by atoms with Gasteiger partial charge in [-0.25, -0.2) is 0 Å². The summed E-state index contributed by atoms with van der Waals surface area (Å²) in [6.45, 7) is 4.38. The number of ether oxygens (including phenoxy) is 2. The van der Waals surface area contributed by atoms with E-state index >= 15 is 0 Å². The normalized spacial score (nSPS) is 29.2. The molecule has 0 unspecified atom stereocenters. The van der Waals surface area contributed by atoms with Gasteiger partial charge < -0.3 is 9.47 Å². The van der Waals surface area contributed by atoms with Gasteiger partial charge in [0, 0.05) is 0 Å². The van der Waals surface area contributed by atoms with Gasteiger partial charge in [0.2, 0.25) is 11.6 Å². The summed E-state index contributed by atoms with van der Waals surface area (Å²) in [7, 11) is 1.32. The first-order valence-corrected chi connectivity index (χ1v) is 9.89. The van der Waals surface area contributed by atoms with Crippen molar-refractivity contribution in [2.45, 2.75) is 51.4 Å². The summed E-state index contributed by atoms with van der Waals surface area (Å²) in [6, 6.07) is 2.85. The van der Waals surface area contributed by atoms with Crippen molar-refractivity contribution in [3.63, 3.8) is 0 Å². The minimum absolute atomic E-state index is 0.0202. The van der Waals surface area contributed by atoms with Crippen LogP contribution in [0.1, 0.15) is 51.4 Å². The molecule has 2 fully saturated rings. The van der Waals surface area contributed by atoms with Gasteiger partial charge in [-0.1, -0.05) is 6.08 Å². The fraction of sp³-hybridized carbons (Fsp3) is 0.636. The maximum Gasteiger partial charge on any atom is 0.204 e. The Bertz CT molecular complexity index is 600. The Morgan fingerprint density at radius 3 is 2.04 bits per heavy atom. The van der Waals surface area contributed by atoms with Crippen LogP contribution in [0.25, 0.3) is 0 Å². The molecule has 2 aliphatic carbocycles. The minimum Gasteiger partial charge on any atom is -0.494 e. The van der Waals surface area contributed by atoms with E-state index in [4.69, 9.17) is 9.47 Å². The highest BCUT2D eigenvalue weighted by Gasteiger charge is 2.30. The third kappa shape index (κ3) is 4.39. The lowest BCUT2D eigenvalue weighted by atomic mass is 9.69. The van der Waals surface area contributed by atoms with Gasteiger partial charge in [0.1, 0.15) is 0 Å². The van der Waals surface area contributed by atoms with Crippen molar-refractivity contribution in [1.29, 1.82) is 0 Å². The van der Waals surface area contributed by atoms with E-state index in [1.807, 2.05) is 0 Å². The SMILES string of the molecule is C=CC1CCC(C2CCC(COc3ccc(OC)c(F)c3F)CC2)CC1. The topological polar surface area (TPSA) is 18.5 Å². The highest BCUT2D eigenvalue weighted by molar-refractivity contribution is 5.34. The molecule has 0 radical (unpaired) electrons. The monoisotopic (exact) mass is 364 g/mol. The molecule has 0 bridgehead atoms. The second-order valence-corrected chi connectivity index (χ2v) is 7.90. The van der Waals surface area contributed by atoms with Crippen molar-refractivity contribution in [2.24, 2.45) is 23.7 Å². The summed E-state index contributed by atoms with van der Waals surface area (Å²) in [4.78, 5) is 0. The first-order chi connectivity index (χ1) is 12.6. The smallest absolute Gasteiger partial charge is 0.204 e. The molecule has 0 saturated heterocycles. The Labute approximate surface area is 155 Å². The van der Waals surface area contributed by atoms with Gasteiger partial charge in [-0.3, -0.25) is 0 Å². The van der Waals surface area contributed by atoms with Crippen LogP contribution in [0, 0.1) is 35.3 Å². The Hall–Kier alpha value is -1.58. The van der Waals surface area contributed by atoms with Crippen molar-refractivity contribution in [3.8, 4) is 11.5 Å². The van der Waals surface area contributed by atoms with Crippen LogP contribution in [0.2, 0.25) is 0 Å². The summed E-state index contributed by atoms with van der Waals surface area (Å²) in [5, 5.41) is 0. The lowest BCUT2D eigenvalue weighted by Crippen LogP contribution is -2.27. The molecule has 144 valence electrons. The number of halogens is 2. The zero-order valence-electron chi connectivity index (χ0n) is 15.7. The van der Waals surface area contributed by atoms with Gasteiger partial charge in [0.05, 0.1) is 13.7 Å². The molecular weight excluding hydrogens is 334 g/mol. The predicted octanol–water partition coefficient (Wildman–Crippen LogP) is 6.15. The van der Waals surface area contributed by atoms with E-state index in [2.05, 4.69) is 12.7 Å². The second-order valence-electron chi connectivity index (χ2n) is 7.90. The number of hydrogen-bond donors (Lipinski definition) is 0. The largest absolute Gasteiger partial charge is 0.494 e. The number of allylic oxidation sites excluding steroid dienone is 1. The van der Waals surface area contributed by atoms with Crippen molar-refractivity contribution >= 4 is 0 Å². The van der Waals surface area contributed by atoms with Crippen LogP contribution in [0.5, 0.6) is 11.5 Å². The van der Waals surface area contributed by atoms with E-state index in [0.29, 0.717) is 12.5 Å². The van der Waals surface area contributed by atoms with E-state index in [1.54, 1.807) is 0 Å². The third-order valence-corrected chi connectivity index (χ3v) is 6.41. The predicted molar refractivity (Wildman–Crippen MR) is 99.5 cm³/mol. The molecular formula is C22H30F2O2. The van der Waals surface area contributed by atoms with Crippen molar-refractivity contribution in [2.75, 3.05) is 13.7 Å².